The highest BCUT2D eigenvalue weighted by Gasteiger charge is 2.21. The highest BCUT2D eigenvalue weighted by Crippen LogP contribution is 2.43. The van der Waals surface area contributed by atoms with Gasteiger partial charge in [-0.15, -0.1) is 0 Å². The summed E-state index contributed by atoms with van der Waals surface area (Å²) in [5.41, 5.74) is 6.44. The van der Waals surface area contributed by atoms with Gasteiger partial charge in [0.05, 0.1) is 20.1 Å². The van der Waals surface area contributed by atoms with Crippen molar-refractivity contribution in [2.45, 2.75) is 38.5 Å². The van der Waals surface area contributed by atoms with Crippen molar-refractivity contribution in [3.63, 3.8) is 0 Å². The third-order valence-electron chi connectivity index (χ3n) is 2.95. The lowest BCUT2D eigenvalue weighted by Crippen LogP contribution is -2.06. The van der Waals surface area contributed by atoms with Gasteiger partial charge in [-0.25, -0.2) is 0 Å². The topological polar surface area (TPSA) is 26.0 Å². The van der Waals surface area contributed by atoms with E-state index in [9.17, 15) is 0 Å². The van der Waals surface area contributed by atoms with E-state index in [0.717, 1.165) is 31.2 Å². The summed E-state index contributed by atoms with van der Waals surface area (Å²) in [6, 6.07) is 1.59. The molecule has 0 fully saturated rings. The van der Waals surface area contributed by atoms with E-state index in [1.807, 2.05) is 0 Å². The molecule has 18 heavy (non-hydrogen) atoms. The van der Waals surface area contributed by atoms with Crippen LogP contribution in [0.1, 0.15) is 44.1 Å². The molecule has 1 unspecified atom stereocenters. The summed E-state index contributed by atoms with van der Waals surface area (Å²) >= 11 is 24.7. The molecule has 1 aromatic carbocycles. The minimum Gasteiger partial charge on any atom is -0.330 e. The molecule has 0 heterocycles. The molecule has 0 bridgehead atoms. The van der Waals surface area contributed by atoms with Crippen LogP contribution in [0.4, 0.5) is 0 Å². The third kappa shape index (κ3) is 3.91. The summed E-state index contributed by atoms with van der Waals surface area (Å²) in [5.74, 6) is 0.259. The van der Waals surface area contributed by atoms with Crippen molar-refractivity contribution in [2.24, 2.45) is 5.73 Å². The fourth-order valence-corrected chi connectivity index (χ4v) is 3.23. The zero-order chi connectivity index (χ0) is 13.7. The molecular formula is C13H17Cl4N. The highest BCUT2D eigenvalue weighted by atomic mass is 35.5. The SMILES string of the molecule is CCCC(CCCN)c1c(Cl)c(Cl)cc(Cl)c1Cl. The first-order valence-electron chi connectivity index (χ1n) is 6.05. The predicted octanol–water partition coefficient (Wildman–Crippen LogP) is 5.92. The molecule has 102 valence electrons. The lowest BCUT2D eigenvalue weighted by Gasteiger charge is -2.20. The smallest absolute Gasteiger partial charge is 0.0643 e. The van der Waals surface area contributed by atoms with Crippen LogP contribution in [0.25, 0.3) is 0 Å². The summed E-state index contributed by atoms with van der Waals surface area (Å²) < 4.78 is 0. The maximum Gasteiger partial charge on any atom is 0.0643 e. The number of rotatable bonds is 6. The van der Waals surface area contributed by atoms with E-state index in [1.54, 1.807) is 6.07 Å². The molecule has 2 N–H and O–H groups in total. The maximum atomic E-state index is 6.27. The Hall–Kier alpha value is 0.340. The first-order chi connectivity index (χ1) is 8.52. The number of hydrogen-bond donors (Lipinski definition) is 1. The van der Waals surface area contributed by atoms with Gasteiger partial charge < -0.3 is 5.73 Å². The zero-order valence-electron chi connectivity index (χ0n) is 10.3. The van der Waals surface area contributed by atoms with Crippen LogP contribution in [-0.2, 0) is 0 Å². The zero-order valence-corrected chi connectivity index (χ0v) is 13.3. The molecule has 0 spiro atoms. The van der Waals surface area contributed by atoms with E-state index in [-0.39, 0.29) is 5.92 Å². The van der Waals surface area contributed by atoms with E-state index >= 15 is 0 Å². The van der Waals surface area contributed by atoms with Gasteiger partial charge in [0.25, 0.3) is 0 Å². The molecule has 0 aromatic heterocycles. The van der Waals surface area contributed by atoms with Crippen molar-refractivity contribution in [1.29, 1.82) is 0 Å². The van der Waals surface area contributed by atoms with Crippen molar-refractivity contribution in [3.05, 3.63) is 31.7 Å². The molecule has 0 aliphatic rings. The normalized spacial score (nSPS) is 12.8. The average molecular weight is 329 g/mol. The Morgan fingerprint density at radius 3 is 2.06 bits per heavy atom. The van der Waals surface area contributed by atoms with Gasteiger partial charge in [-0.2, -0.15) is 0 Å². The highest BCUT2D eigenvalue weighted by molar-refractivity contribution is 6.48. The molecule has 5 heteroatoms. The summed E-state index contributed by atoms with van der Waals surface area (Å²) in [5, 5.41) is 1.94. The molecule has 0 radical (unpaired) electrons. The van der Waals surface area contributed by atoms with Gasteiger partial charge in [0.15, 0.2) is 0 Å². The van der Waals surface area contributed by atoms with Crippen LogP contribution in [-0.4, -0.2) is 6.54 Å². The third-order valence-corrected chi connectivity index (χ3v) is 4.55. The van der Waals surface area contributed by atoms with Crippen LogP contribution in [0, 0.1) is 0 Å². The molecule has 1 nitrogen and oxygen atoms in total. The van der Waals surface area contributed by atoms with Crippen molar-refractivity contribution in [3.8, 4) is 0 Å². The molecule has 0 aliphatic heterocycles. The number of nitrogens with two attached hydrogens (primary N) is 1. The Kier molecular flexibility index (Phi) is 7.12. The summed E-state index contributed by atoms with van der Waals surface area (Å²) in [6.07, 6.45) is 3.92. The molecule has 0 aliphatic carbocycles. The molecule has 0 saturated carbocycles. The fraction of sp³-hybridized carbons (Fsp3) is 0.538. The Labute approximate surface area is 129 Å². The van der Waals surface area contributed by atoms with Crippen LogP contribution in [0.3, 0.4) is 0 Å². The van der Waals surface area contributed by atoms with Crippen LogP contribution in [0.5, 0.6) is 0 Å². The average Bonchev–Trinajstić information content (AvgIpc) is 2.33. The van der Waals surface area contributed by atoms with Gasteiger partial charge in [0.1, 0.15) is 0 Å². The van der Waals surface area contributed by atoms with Crippen molar-refractivity contribution >= 4 is 46.4 Å². The van der Waals surface area contributed by atoms with E-state index in [2.05, 4.69) is 6.92 Å². The molecule has 1 rings (SSSR count). The quantitative estimate of drug-likeness (QED) is 0.644. The van der Waals surface area contributed by atoms with Crippen LogP contribution in [0.15, 0.2) is 6.07 Å². The second-order valence-corrected chi connectivity index (χ2v) is 5.87. The summed E-state index contributed by atoms with van der Waals surface area (Å²) in [6.45, 7) is 2.78. The maximum absolute atomic E-state index is 6.27. The molecule has 1 atom stereocenters. The predicted molar refractivity (Wildman–Crippen MR) is 82.4 cm³/mol. The van der Waals surface area contributed by atoms with Gasteiger partial charge in [0, 0.05) is 0 Å². The fourth-order valence-electron chi connectivity index (χ4n) is 2.10. The Balaban J connectivity index is 3.17. The van der Waals surface area contributed by atoms with Gasteiger partial charge in [-0.1, -0.05) is 59.7 Å². The lowest BCUT2D eigenvalue weighted by atomic mass is 9.90. The summed E-state index contributed by atoms with van der Waals surface area (Å²) in [4.78, 5) is 0. The van der Waals surface area contributed by atoms with Gasteiger partial charge >= 0.3 is 0 Å². The summed E-state index contributed by atoms with van der Waals surface area (Å²) in [7, 11) is 0. The molecular weight excluding hydrogens is 312 g/mol. The Morgan fingerprint density at radius 1 is 1.06 bits per heavy atom. The van der Waals surface area contributed by atoms with Gasteiger partial charge in [-0.3, -0.25) is 0 Å². The first-order valence-corrected chi connectivity index (χ1v) is 7.57. The molecule has 0 amide bonds. The van der Waals surface area contributed by atoms with Crippen molar-refractivity contribution in [2.75, 3.05) is 6.54 Å². The minimum atomic E-state index is 0.259. The van der Waals surface area contributed by atoms with Gasteiger partial charge in [-0.05, 0) is 43.4 Å². The van der Waals surface area contributed by atoms with E-state index in [4.69, 9.17) is 52.1 Å². The lowest BCUT2D eigenvalue weighted by molar-refractivity contribution is 0.550. The van der Waals surface area contributed by atoms with E-state index in [0.29, 0.717) is 26.6 Å². The van der Waals surface area contributed by atoms with Gasteiger partial charge in [0.2, 0.25) is 0 Å². The second kappa shape index (κ2) is 7.81. The van der Waals surface area contributed by atoms with E-state index in [1.165, 1.54) is 0 Å². The first kappa shape index (κ1) is 16.4. The van der Waals surface area contributed by atoms with E-state index < -0.39 is 0 Å². The van der Waals surface area contributed by atoms with Crippen LogP contribution in [0.2, 0.25) is 20.1 Å². The Morgan fingerprint density at radius 2 is 1.61 bits per heavy atom. The minimum absolute atomic E-state index is 0.259. The van der Waals surface area contributed by atoms with Crippen LogP contribution >= 0.6 is 46.4 Å². The monoisotopic (exact) mass is 327 g/mol. The largest absolute Gasteiger partial charge is 0.330 e. The van der Waals surface area contributed by atoms with Crippen molar-refractivity contribution in [1.82, 2.24) is 0 Å². The second-order valence-electron chi connectivity index (χ2n) is 4.30. The van der Waals surface area contributed by atoms with Crippen molar-refractivity contribution < 1.29 is 0 Å². The Bertz CT molecular complexity index is 380. The molecule has 1 aromatic rings. The van der Waals surface area contributed by atoms with Crippen LogP contribution < -0.4 is 5.73 Å². The molecule has 0 saturated heterocycles. The number of hydrogen-bond acceptors (Lipinski definition) is 1. The standard InChI is InChI=1S/C13H17Cl4N/c1-2-4-8(5-3-6-18)11-12(16)9(14)7-10(15)13(11)17/h7-8H,2-6,18H2,1H3. The number of benzene rings is 1. The number of halogens is 4.